The summed E-state index contributed by atoms with van der Waals surface area (Å²) in [5, 5.41) is 22.2. The highest BCUT2D eigenvalue weighted by molar-refractivity contribution is 5.97. The first kappa shape index (κ1) is 32.4. The zero-order valence-electron chi connectivity index (χ0n) is 24.7. The number of hydrogen-bond acceptors (Lipinski definition) is 3. The fourth-order valence-corrected chi connectivity index (χ4v) is 4.73. The molecule has 0 aliphatic carbocycles. The topological polar surface area (TPSA) is 86.6 Å². The average molecular weight is 512 g/mol. The van der Waals surface area contributed by atoms with Crippen LogP contribution in [-0.4, -0.2) is 34.2 Å². The molecule has 0 fully saturated rings. The van der Waals surface area contributed by atoms with Crippen molar-refractivity contribution in [2.24, 2.45) is 5.41 Å². The summed E-state index contributed by atoms with van der Waals surface area (Å²) in [5.74, 6) is -1.44. The monoisotopic (exact) mass is 511 g/mol. The Balaban J connectivity index is 0.00000334. The van der Waals surface area contributed by atoms with Crippen molar-refractivity contribution in [3.8, 4) is 0 Å². The number of nitrogens with one attached hydrogen (secondary N) is 1. The highest BCUT2D eigenvalue weighted by Gasteiger charge is 2.35. The first-order chi connectivity index (χ1) is 17.2. The van der Waals surface area contributed by atoms with E-state index in [2.05, 4.69) is 71.1 Å². The van der Waals surface area contributed by atoms with E-state index in [0.29, 0.717) is 12.0 Å². The molecule has 5 nitrogen and oxygen atoms in total. The van der Waals surface area contributed by atoms with Crippen molar-refractivity contribution in [2.75, 3.05) is 6.54 Å². The van der Waals surface area contributed by atoms with Crippen LogP contribution in [0.3, 0.4) is 0 Å². The van der Waals surface area contributed by atoms with E-state index < -0.39 is 18.1 Å². The van der Waals surface area contributed by atoms with Crippen LogP contribution in [0.2, 0.25) is 0 Å². The van der Waals surface area contributed by atoms with Gasteiger partial charge in [0.25, 0.3) is 5.91 Å². The SMILES string of the molecule is CC.CCC(CC)(c1ccc(CCC(C)(O)C(C)(C)C)c(C)c1)c1ccc(C(=O)NCC(=O)O)c(C)c1. The molecule has 0 aliphatic rings. The predicted octanol–water partition coefficient (Wildman–Crippen LogP) is 6.98. The van der Waals surface area contributed by atoms with Crippen molar-refractivity contribution >= 4 is 11.9 Å². The van der Waals surface area contributed by atoms with Gasteiger partial charge in [-0.3, -0.25) is 9.59 Å². The number of benzene rings is 2. The number of carboxylic acid groups (broad SMARTS) is 1. The third kappa shape index (κ3) is 7.67. The van der Waals surface area contributed by atoms with Gasteiger partial charge in [0.15, 0.2) is 0 Å². The van der Waals surface area contributed by atoms with E-state index in [1.54, 1.807) is 6.07 Å². The summed E-state index contributed by atoms with van der Waals surface area (Å²) in [7, 11) is 0. The molecule has 0 bridgehead atoms. The minimum atomic E-state index is -1.07. The van der Waals surface area contributed by atoms with Crippen LogP contribution in [0.5, 0.6) is 0 Å². The first-order valence-corrected chi connectivity index (χ1v) is 13.6. The van der Waals surface area contributed by atoms with Crippen molar-refractivity contribution in [2.45, 2.75) is 106 Å². The molecule has 5 heteroatoms. The number of amides is 1. The number of aliphatic carboxylic acids is 1. The zero-order valence-corrected chi connectivity index (χ0v) is 24.7. The second kappa shape index (κ2) is 13.2. The molecule has 37 heavy (non-hydrogen) atoms. The Bertz CT molecular complexity index is 1060. The summed E-state index contributed by atoms with van der Waals surface area (Å²) in [6.45, 7) is 20.2. The third-order valence-electron chi connectivity index (χ3n) is 8.02. The standard InChI is InChI=1S/C30H43NO4.C2H6/c1-9-30(10-2,24-13-14-25(21(4)18-24)27(34)31-19-26(32)33)23-12-11-22(20(3)17-23)15-16-29(8,35)28(5,6)7;1-2/h11-14,17-18,35H,9-10,15-16,19H2,1-8H3,(H,31,34)(H,32,33);1-2H3. The van der Waals surface area contributed by atoms with Crippen LogP contribution in [0.4, 0.5) is 0 Å². The number of carboxylic acids is 1. The maximum absolute atomic E-state index is 12.4. The molecule has 3 N–H and O–H groups in total. The van der Waals surface area contributed by atoms with Crippen LogP contribution in [0.1, 0.15) is 113 Å². The van der Waals surface area contributed by atoms with Crippen molar-refractivity contribution in [3.05, 3.63) is 69.8 Å². The molecular weight excluding hydrogens is 462 g/mol. The molecule has 0 aromatic heterocycles. The van der Waals surface area contributed by atoms with Crippen molar-refractivity contribution < 1.29 is 19.8 Å². The van der Waals surface area contributed by atoms with E-state index in [1.807, 2.05) is 33.8 Å². The van der Waals surface area contributed by atoms with Gasteiger partial charge in [-0.15, -0.1) is 0 Å². The summed E-state index contributed by atoms with van der Waals surface area (Å²) in [5.41, 5.74) is 5.07. The predicted molar refractivity (Wildman–Crippen MR) is 153 cm³/mol. The molecule has 0 aliphatic heterocycles. The summed E-state index contributed by atoms with van der Waals surface area (Å²) < 4.78 is 0. The molecule has 2 aromatic rings. The average Bonchev–Trinajstić information content (AvgIpc) is 2.83. The van der Waals surface area contributed by atoms with Gasteiger partial charge in [0.05, 0.1) is 5.60 Å². The minimum absolute atomic E-state index is 0.186. The van der Waals surface area contributed by atoms with Crippen molar-refractivity contribution in [3.63, 3.8) is 0 Å². The molecule has 1 unspecified atom stereocenters. The van der Waals surface area contributed by atoms with E-state index in [-0.39, 0.29) is 16.7 Å². The van der Waals surface area contributed by atoms with E-state index in [0.717, 1.165) is 30.4 Å². The number of carbonyl (C=O) groups excluding carboxylic acids is 1. The number of carbonyl (C=O) groups is 2. The van der Waals surface area contributed by atoms with Gasteiger partial charge >= 0.3 is 5.97 Å². The smallest absolute Gasteiger partial charge is 0.322 e. The number of aryl methyl sites for hydroxylation is 3. The van der Waals surface area contributed by atoms with Crippen LogP contribution in [0.25, 0.3) is 0 Å². The summed E-state index contributed by atoms with van der Waals surface area (Å²) in [4.78, 5) is 23.2. The summed E-state index contributed by atoms with van der Waals surface area (Å²) in [6, 6.07) is 12.6. The quantitative estimate of drug-likeness (QED) is 0.321. The number of aliphatic hydroxyl groups is 1. The molecule has 0 radical (unpaired) electrons. The van der Waals surface area contributed by atoms with Crippen LogP contribution < -0.4 is 5.32 Å². The molecule has 0 saturated heterocycles. The lowest BCUT2D eigenvalue weighted by Crippen LogP contribution is -2.40. The van der Waals surface area contributed by atoms with Gasteiger partial charge in [-0.05, 0) is 85.8 Å². The Morgan fingerprint density at radius 3 is 1.81 bits per heavy atom. The zero-order chi connectivity index (χ0) is 28.6. The number of hydrogen-bond donors (Lipinski definition) is 3. The molecule has 0 saturated carbocycles. The Kier molecular flexibility index (Phi) is 11.6. The molecule has 1 atom stereocenters. The normalized spacial score (nSPS) is 13.3. The first-order valence-electron chi connectivity index (χ1n) is 13.6. The highest BCUT2D eigenvalue weighted by atomic mass is 16.4. The van der Waals surface area contributed by atoms with Gasteiger partial charge in [0.1, 0.15) is 6.54 Å². The molecule has 0 heterocycles. The Hall–Kier alpha value is -2.66. The maximum atomic E-state index is 12.4. The lowest BCUT2D eigenvalue weighted by atomic mass is 9.69. The van der Waals surface area contributed by atoms with Crippen LogP contribution >= 0.6 is 0 Å². The second-order valence-electron chi connectivity index (χ2n) is 11.1. The van der Waals surface area contributed by atoms with Crippen LogP contribution in [-0.2, 0) is 16.6 Å². The largest absolute Gasteiger partial charge is 0.480 e. The van der Waals surface area contributed by atoms with Gasteiger partial charge in [-0.25, -0.2) is 0 Å². The summed E-state index contributed by atoms with van der Waals surface area (Å²) >= 11 is 0. The van der Waals surface area contributed by atoms with E-state index in [9.17, 15) is 14.7 Å². The van der Waals surface area contributed by atoms with Crippen LogP contribution in [0, 0.1) is 19.3 Å². The molecule has 2 rings (SSSR count). The van der Waals surface area contributed by atoms with Gasteiger partial charge in [-0.2, -0.15) is 0 Å². The fourth-order valence-electron chi connectivity index (χ4n) is 4.73. The van der Waals surface area contributed by atoms with E-state index in [1.165, 1.54) is 16.7 Å². The second-order valence-corrected chi connectivity index (χ2v) is 11.1. The van der Waals surface area contributed by atoms with Gasteiger partial charge in [0.2, 0.25) is 0 Å². The minimum Gasteiger partial charge on any atom is -0.480 e. The van der Waals surface area contributed by atoms with Crippen LogP contribution in [0.15, 0.2) is 36.4 Å². The summed E-state index contributed by atoms with van der Waals surface area (Å²) in [6.07, 6.45) is 3.34. The van der Waals surface area contributed by atoms with E-state index >= 15 is 0 Å². The molecule has 1 amide bonds. The van der Waals surface area contributed by atoms with Gasteiger partial charge in [0, 0.05) is 11.0 Å². The molecule has 2 aromatic carbocycles. The van der Waals surface area contributed by atoms with E-state index in [4.69, 9.17) is 5.11 Å². The highest BCUT2D eigenvalue weighted by Crippen LogP contribution is 2.41. The van der Waals surface area contributed by atoms with Crippen molar-refractivity contribution in [1.29, 1.82) is 0 Å². The Labute approximate surface area is 224 Å². The Morgan fingerprint density at radius 2 is 1.38 bits per heavy atom. The maximum Gasteiger partial charge on any atom is 0.322 e. The molecular formula is C32H49NO4. The van der Waals surface area contributed by atoms with Gasteiger partial charge < -0.3 is 15.5 Å². The molecule has 206 valence electrons. The fraction of sp³-hybridized carbons (Fsp3) is 0.562. The number of rotatable bonds is 10. The van der Waals surface area contributed by atoms with Crippen molar-refractivity contribution in [1.82, 2.24) is 5.32 Å². The third-order valence-corrected chi connectivity index (χ3v) is 8.02. The lowest BCUT2D eigenvalue weighted by molar-refractivity contribution is -0.135. The lowest BCUT2D eigenvalue weighted by Gasteiger charge is -2.37. The molecule has 0 spiro atoms. The Morgan fingerprint density at radius 1 is 0.865 bits per heavy atom. The van der Waals surface area contributed by atoms with Gasteiger partial charge in [-0.1, -0.05) is 78.8 Å².